The average Bonchev–Trinajstić information content (AvgIpc) is 3.33. The van der Waals surface area contributed by atoms with E-state index in [9.17, 15) is 31.2 Å². The number of hydrogen-bond acceptors (Lipinski definition) is 12. The minimum atomic E-state index is -4.03. The van der Waals surface area contributed by atoms with Crippen LogP contribution in [0.25, 0.3) is 0 Å². The molecule has 0 saturated carbocycles. The van der Waals surface area contributed by atoms with E-state index in [1.165, 1.54) is 37.4 Å². The van der Waals surface area contributed by atoms with Gasteiger partial charge >= 0.3 is 17.9 Å². The van der Waals surface area contributed by atoms with Gasteiger partial charge in [0, 0.05) is 22.5 Å². The lowest BCUT2D eigenvalue weighted by Gasteiger charge is -2.23. The number of carbonyl (C=O) groups excluding carboxylic acids is 1. The second-order valence-electron chi connectivity index (χ2n) is 15.8. The maximum Gasteiger partial charge on any atom is 0.339 e. The van der Waals surface area contributed by atoms with Crippen LogP contribution in [-0.4, -0.2) is 78.5 Å². The molecule has 6 rings (SSSR count). The zero-order valence-electron chi connectivity index (χ0n) is 38.4. The van der Waals surface area contributed by atoms with Crippen molar-refractivity contribution in [3.63, 3.8) is 0 Å². The van der Waals surface area contributed by atoms with Crippen LogP contribution in [-0.2, 0) is 52.6 Å². The molecule has 0 atom stereocenters. The second-order valence-corrected chi connectivity index (χ2v) is 19.1. The van der Waals surface area contributed by atoms with Crippen LogP contribution in [0.5, 0.6) is 23.0 Å². The molecule has 18 heteroatoms. The van der Waals surface area contributed by atoms with Crippen molar-refractivity contribution in [2.45, 2.75) is 55.2 Å². The van der Waals surface area contributed by atoms with Gasteiger partial charge in [0.1, 0.15) is 54.3 Å². The first kappa shape index (κ1) is 52.4. The maximum absolute atomic E-state index is 12.8. The van der Waals surface area contributed by atoms with Crippen LogP contribution in [0.1, 0.15) is 54.2 Å². The predicted molar refractivity (Wildman–Crippen MR) is 260 cm³/mol. The molecule has 0 aliphatic carbocycles. The lowest BCUT2D eigenvalue weighted by molar-refractivity contribution is -0.137. The fraction of sp³-hybridized carbons (Fsp3) is 0.235. The quantitative estimate of drug-likeness (QED) is 0.0348. The molecule has 0 heterocycles. The smallest absolute Gasteiger partial charge is 0.339 e. The molecular formula is C51H54N2O14S2. The number of esters is 1. The van der Waals surface area contributed by atoms with Crippen molar-refractivity contribution in [3.8, 4) is 23.0 Å². The van der Waals surface area contributed by atoms with Crippen LogP contribution in [0.3, 0.4) is 0 Å². The van der Waals surface area contributed by atoms with Gasteiger partial charge in [0.05, 0.1) is 30.4 Å². The average molecular weight is 983 g/mol. The van der Waals surface area contributed by atoms with Crippen LogP contribution < -0.4 is 28.4 Å². The first-order valence-corrected chi connectivity index (χ1v) is 24.5. The predicted octanol–water partition coefficient (Wildman–Crippen LogP) is 8.62. The number of carboxylic acids is 2. The van der Waals surface area contributed by atoms with Crippen molar-refractivity contribution < 1.29 is 65.1 Å². The third-order valence-electron chi connectivity index (χ3n) is 10.5. The molecule has 0 spiro atoms. The van der Waals surface area contributed by atoms with Crippen molar-refractivity contribution in [2.75, 3.05) is 43.0 Å². The molecular weight excluding hydrogens is 929 g/mol. The molecule has 0 radical (unpaired) electrons. The van der Waals surface area contributed by atoms with Gasteiger partial charge in [-0.3, -0.25) is 19.0 Å². The van der Waals surface area contributed by atoms with Gasteiger partial charge in [-0.15, -0.1) is 0 Å². The van der Waals surface area contributed by atoms with E-state index in [4.69, 9.17) is 29.2 Å². The number of carbonyl (C=O) groups is 3. The van der Waals surface area contributed by atoms with E-state index >= 15 is 0 Å². The van der Waals surface area contributed by atoms with Crippen molar-refractivity contribution in [2.24, 2.45) is 0 Å². The topological polar surface area (TPSA) is 230 Å². The van der Waals surface area contributed by atoms with Crippen LogP contribution in [0.2, 0.25) is 0 Å². The number of sulfonamides is 2. The summed E-state index contributed by atoms with van der Waals surface area (Å²) in [7, 11) is -6.56. The van der Waals surface area contributed by atoms with Gasteiger partial charge in [0.15, 0.2) is 0 Å². The third-order valence-corrected chi connectivity index (χ3v) is 13.3. The highest BCUT2D eigenvalue weighted by Gasteiger charge is 2.23. The Kier molecular flexibility index (Phi) is 18.6. The number of rotatable bonds is 23. The summed E-state index contributed by atoms with van der Waals surface area (Å²) >= 11 is 0. The molecule has 0 unspecified atom stereocenters. The van der Waals surface area contributed by atoms with E-state index in [-0.39, 0.29) is 65.7 Å². The van der Waals surface area contributed by atoms with Gasteiger partial charge in [-0.05, 0) is 102 Å². The molecule has 4 N–H and O–H groups in total. The van der Waals surface area contributed by atoms with E-state index < -0.39 is 38.0 Å². The zero-order valence-corrected chi connectivity index (χ0v) is 40.0. The van der Waals surface area contributed by atoms with E-state index in [0.717, 1.165) is 12.0 Å². The minimum absolute atomic E-state index is 0.0154. The number of aliphatic carboxylic acids is 2. The van der Waals surface area contributed by atoms with Gasteiger partial charge in [0.25, 0.3) is 20.0 Å². The van der Waals surface area contributed by atoms with E-state index in [0.29, 0.717) is 39.8 Å². The summed E-state index contributed by atoms with van der Waals surface area (Å²) in [5.74, 6) is -0.596. The Labute approximate surface area is 401 Å². The number of nitrogens with one attached hydrogen (secondary N) is 2. The molecule has 6 aromatic carbocycles. The van der Waals surface area contributed by atoms with Crippen molar-refractivity contribution >= 4 is 49.3 Å². The Morgan fingerprint density at radius 3 is 1.41 bits per heavy atom. The van der Waals surface area contributed by atoms with E-state index in [1.54, 1.807) is 103 Å². The largest absolute Gasteiger partial charge is 0.490 e. The minimum Gasteiger partial charge on any atom is -0.490 e. The summed E-state index contributed by atoms with van der Waals surface area (Å²) in [5.41, 5.74) is 2.89. The highest BCUT2D eigenvalue weighted by atomic mass is 32.2. The SMILES string of the molecule is CCC(C)(C)c1ccc(S(=O)(=O)Nc2ccc(OCCOc3ccccc3CC(=O)O)cc2)cc1.COC(=O)c1ccccc1S(=O)(=O)Nc1ccc(OCCOc2ccccc2CC(=O)O)cc1. The molecule has 0 saturated heterocycles. The van der Waals surface area contributed by atoms with Crippen LogP contribution in [0, 0.1) is 0 Å². The number of hydrogen-bond donors (Lipinski definition) is 4. The number of methoxy groups -OCH3 is 1. The molecule has 0 bridgehead atoms. The number of ether oxygens (including phenoxy) is 5. The standard InChI is InChI=1S/C27H31NO6S.C24H23NO8S/c1-4-27(2,3)21-9-15-24(16-10-21)35(31,32)28-22-11-13-23(14-12-22)33-17-18-34-25-8-6-5-7-20(25)19-26(29)30;1-31-24(28)20-7-3-5-9-22(20)34(29,30)25-18-10-12-19(13-11-18)32-14-15-33-21-8-4-2-6-17(21)16-23(26)27/h5-16,28H,4,17-19H2,1-3H3,(H,29,30);2-13,25H,14-16H2,1H3,(H,26,27). The first-order chi connectivity index (χ1) is 32.9. The number of anilines is 2. The Morgan fingerprint density at radius 2 is 0.957 bits per heavy atom. The Bertz CT molecular complexity index is 2890. The van der Waals surface area contributed by atoms with Crippen molar-refractivity contribution in [3.05, 3.63) is 168 Å². The normalized spacial score (nSPS) is 11.2. The summed E-state index contributed by atoms with van der Waals surface area (Å²) in [4.78, 5) is 33.8. The lowest BCUT2D eigenvalue weighted by Crippen LogP contribution is -2.17. The van der Waals surface area contributed by atoms with Crippen LogP contribution in [0.15, 0.2) is 155 Å². The molecule has 16 nitrogen and oxygen atoms in total. The Balaban J connectivity index is 0.000000258. The Hall–Kier alpha value is -7.57. The highest BCUT2D eigenvalue weighted by Crippen LogP contribution is 2.29. The van der Waals surface area contributed by atoms with Crippen LogP contribution in [0.4, 0.5) is 11.4 Å². The fourth-order valence-corrected chi connectivity index (χ4v) is 8.77. The summed E-state index contributed by atoms with van der Waals surface area (Å²) in [6, 6.07) is 39.4. The number of carboxylic acid groups (broad SMARTS) is 2. The fourth-order valence-electron chi connectivity index (χ4n) is 6.46. The third kappa shape index (κ3) is 15.8. The molecule has 0 amide bonds. The number of benzene rings is 6. The number of para-hydroxylation sites is 2. The molecule has 0 aliphatic rings. The highest BCUT2D eigenvalue weighted by molar-refractivity contribution is 7.93. The molecule has 0 aliphatic heterocycles. The van der Waals surface area contributed by atoms with Gasteiger partial charge in [-0.1, -0.05) is 81.4 Å². The second kappa shape index (κ2) is 24.5. The molecule has 0 aromatic heterocycles. The molecule has 69 heavy (non-hydrogen) atoms. The first-order valence-electron chi connectivity index (χ1n) is 21.5. The van der Waals surface area contributed by atoms with Gasteiger partial charge < -0.3 is 33.9 Å². The van der Waals surface area contributed by atoms with Gasteiger partial charge in [-0.2, -0.15) is 0 Å². The molecule has 6 aromatic rings. The summed E-state index contributed by atoms with van der Waals surface area (Å²) < 4.78 is 83.3. The monoisotopic (exact) mass is 982 g/mol. The van der Waals surface area contributed by atoms with Crippen LogP contribution >= 0.6 is 0 Å². The summed E-state index contributed by atoms with van der Waals surface area (Å²) in [6.45, 7) is 7.22. The van der Waals surface area contributed by atoms with Gasteiger partial charge in [-0.25, -0.2) is 21.6 Å². The maximum atomic E-state index is 12.8. The summed E-state index contributed by atoms with van der Waals surface area (Å²) in [6.07, 6.45) is 0.698. The zero-order chi connectivity index (χ0) is 50.0. The molecule has 364 valence electrons. The summed E-state index contributed by atoms with van der Waals surface area (Å²) in [5, 5.41) is 18.0. The van der Waals surface area contributed by atoms with E-state index in [2.05, 4.69) is 35.0 Å². The Morgan fingerprint density at radius 1 is 0.536 bits per heavy atom. The van der Waals surface area contributed by atoms with E-state index in [1.807, 2.05) is 12.1 Å². The van der Waals surface area contributed by atoms with Crippen molar-refractivity contribution in [1.29, 1.82) is 0 Å². The lowest BCUT2D eigenvalue weighted by atomic mass is 9.82. The van der Waals surface area contributed by atoms with Crippen molar-refractivity contribution in [1.82, 2.24) is 0 Å². The molecule has 0 fully saturated rings. The van der Waals surface area contributed by atoms with Gasteiger partial charge in [0.2, 0.25) is 0 Å².